The number of halogens is 1. The SMILES string of the molecule is Cc1ccncc1-c1cc2cc(NC(=O)[C@H]3C[C@@H]3c3cn(C)nn3)ncc2c(N)c1F. The Morgan fingerprint density at radius 2 is 2.13 bits per heavy atom. The molecule has 8 nitrogen and oxygen atoms in total. The van der Waals surface area contributed by atoms with Gasteiger partial charge in [-0.2, -0.15) is 0 Å². The second-order valence-electron chi connectivity index (χ2n) is 7.89. The number of aryl methyl sites for hydroxylation is 2. The number of hydrogen-bond donors (Lipinski definition) is 2. The summed E-state index contributed by atoms with van der Waals surface area (Å²) in [6, 6.07) is 5.23. The van der Waals surface area contributed by atoms with Crippen LogP contribution in [0, 0.1) is 18.7 Å². The van der Waals surface area contributed by atoms with E-state index in [0.29, 0.717) is 27.7 Å². The lowest BCUT2D eigenvalue weighted by Crippen LogP contribution is -2.15. The van der Waals surface area contributed by atoms with Gasteiger partial charge < -0.3 is 11.1 Å². The van der Waals surface area contributed by atoms with Crippen molar-refractivity contribution >= 4 is 28.2 Å². The first-order valence-electron chi connectivity index (χ1n) is 9.88. The Morgan fingerprint density at radius 1 is 1.29 bits per heavy atom. The molecule has 1 aliphatic rings. The molecule has 31 heavy (non-hydrogen) atoms. The number of nitrogens with zero attached hydrogens (tertiary/aromatic N) is 5. The highest BCUT2D eigenvalue weighted by atomic mass is 19.1. The lowest BCUT2D eigenvalue weighted by molar-refractivity contribution is -0.117. The van der Waals surface area contributed by atoms with Gasteiger partial charge in [0.1, 0.15) is 5.82 Å². The predicted molar refractivity (Wildman–Crippen MR) is 115 cm³/mol. The second kappa shape index (κ2) is 7.12. The summed E-state index contributed by atoms with van der Waals surface area (Å²) < 4.78 is 16.6. The molecule has 0 aliphatic heterocycles. The Balaban J connectivity index is 1.44. The number of amides is 1. The van der Waals surface area contributed by atoms with E-state index in [1.54, 1.807) is 36.3 Å². The number of anilines is 2. The molecule has 156 valence electrons. The monoisotopic (exact) mass is 417 g/mol. The van der Waals surface area contributed by atoms with Crippen molar-refractivity contribution in [2.45, 2.75) is 19.3 Å². The largest absolute Gasteiger partial charge is 0.396 e. The molecule has 4 aromatic rings. The van der Waals surface area contributed by atoms with Crippen LogP contribution in [0.4, 0.5) is 15.9 Å². The number of carbonyl (C=O) groups is 1. The van der Waals surface area contributed by atoms with E-state index < -0.39 is 5.82 Å². The van der Waals surface area contributed by atoms with E-state index in [1.165, 1.54) is 6.20 Å². The minimum atomic E-state index is -0.507. The zero-order chi connectivity index (χ0) is 21.7. The van der Waals surface area contributed by atoms with Crippen LogP contribution in [0.1, 0.15) is 23.6 Å². The van der Waals surface area contributed by atoms with E-state index in [0.717, 1.165) is 17.7 Å². The van der Waals surface area contributed by atoms with Gasteiger partial charge in [0.05, 0.1) is 11.4 Å². The summed E-state index contributed by atoms with van der Waals surface area (Å²) >= 11 is 0. The van der Waals surface area contributed by atoms with Crippen LogP contribution in [0.25, 0.3) is 21.9 Å². The maximum Gasteiger partial charge on any atom is 0.229 e. The average molecular weight is 417 g/mol. The van der Waals surface area contributed by atoms with Gasteiger partial charge in [-0.25, -0.2) is 9.37 Å². The van der Waals surface area contributed by atoms with E-state index in [-0.39, 0.29) is 23.4 Å². The fraction of sp³-hybridized carbons (Fsp3) is 0.227. The summed E-state index contributed by atoms with van der Waals surface area (Å²) in [6.07, 6.45) is 7.30. The summed E-state index contributed by atoms with van der Waals surface area (Å²) in [5.74, 6) is -0.338. The molecule has 0 bridgehead atoms. The molecule has 3 heterocycles. The molecule has 1 amide bonds. The van der Waals surface area contributed by atoms with Crippen LogP contribution in [0.3, 0.4) is 0 Å². The summed E-state index contributed by atoms with van der Waals surface area (Å²) in [6.45, 7) is 1.89. The quantitative estimate of drug-likeness (QED) is 0.493. The van der Waals surface area contributed by atoms with E-state index in [2.05, 4.69) is 25.6 Å². The van der Waals surface area contributed by atoms with Gasteiger partial charge in [-0.1, -0.05) is 5.21 Å². The number of nitrogens with two attached hydrogens (primary N) is 1. The van der Waals surface area contributed by atoms with Crippen LogP contribution in [0.2, 0.25) is 0 Å². The maximum absolute atomic E-state index is 15.0. The summed E-state index contributed by atoms with van der Waals surface area (Å²) in [7, 11) is 1.79. The van der Waals surface area contributed by atoms with Crippen LogP contribution in [0.5, 0.6) is 0 Å². The number of rotatable bonds is 4. The number of nitrogens with one attached hydrogen (secondary N) is 1. The Hall–Kier alpha value is -3.88. The minimum absolute atomic E-state index is 0.0195. The summed E-state index contributed by atoms with van der Waals surface area (Å²) in [4.78, 5) is 21.0. The van der Waals surface area contributed by atoms with Crippen molar-refractivity contribution in [3.63, 3.8) is 0 Å². The molecular weight excluding hydrogens is 397 g/mol. The fourth-order valence-corrected chi connectivity index (χ4v) is 3.87. The van der Waals surface area contributed by atoms with Gasteiger partial charge in [-0.05, 0) is 42.5 Å². The first kappa shape index (κ1) is 19.1. The van der Waals surface area contributed by atoms with Crippen molar-refractivity contribution in [1.82, 2.24) is 25.0 Å². The molecule has 3 N–H and O–H groups in total. The fourth-order valence-electron chi connectivity index (χ4n) is 3.87. The first-order chi connectivity index (χ1) is 14.9. The molecule has 9 heteroatoms. The van der Waals surface area contributed by atoms with Crippen LogP contribution >= 0.6 is 0 Å². The van der Waals surface area contributed by atoms with E-state index in [4.69, 9.17) is 5.73 Å². The zero-order valence-electron chi connectivity index (χ0n) is 17.0. The highest BCUT2D eigenvalue weighted by molar-refractivity contribution is 6.00. The number of hydrogen-bond acceptors (Lipinski definition) is 6. The van der Waals surface area contributed by atoms with Crippen molar-refractivity contribution < 1.29 is 9.18 Å². The van der Waals surface area contributed by atoms with E-state index in [1.807, 2.05) is 19.2 Å². The van der Waals surface area contributed by atoms with E-state index >= 15 is 0 Å². The third-order valence-corrected chi connectivity index (χ3v) is 5.71. The molecule has 0 radical (unpaired) electrons. The molecule has 5 rings (SSSR count). The molecule has 1 aliphatic carbocycles. The lowest BCUT2D eigenvalue weighted by Gasteiger charge is -2.12. The van der Waals surface area contributed by atoms with Gasteiger partial charge in [0.2, 0.25) is 5.91 Å². The molecule has 2 atom stereocenters. The number of fused-ring (bicyclic) bond motifs is 1. The number of carbonyl (C=O) groups excluding carboxylic acids is 1. The summed E-state index contributed by atoms with van der Waals surface area (Å²) in [5, 5.41) is 12.0. The third-order valence-electron chi connectivity index (χ3n) is 5.71. The Kier molecular flexibility index (Phi) is 4.39. The first-order valence-corrected chi connectivity index (χ1v) is 9.88. The average Bonchev–Trinajstić information content (AvgIpc) is 3.45. The number of aromatic nitrogens is 5. The Morgan fingerprint density at radius 3 is 2.87 bits per heavy atom. The van der Waals surface area contributed by atoms with Crippen molar-refractivity contribution in [2.24, 2.45) is 13.0 Å². The Labute approximate surface area is 177 Å². The predicted octanol–water partition coefficient (Wildman–Crippen LogP) is 3.20. The minimum Gasteiger partial charge on any atom is -0.396 e. The summed E-state index contributed by atoms with van der Waals surface area (Å²) in [5.41, 5.74) is 8.82. The van der Waals surface area contributed by atoms with Gasteiger partial charge in [-0.15, -0.1) is 5.10 Å². The van der Waals surface area contributed by atoms with Crippen LogP contribution in [-0.2, 0) is 11.8 Å². The van der Waals surface area contributed by atoms with Crippen molar-refractivity contribution in [3.05, 3.63) is 60.1 Å². The number of benzene rings is 1. The van der Waals surface area contributed by atoms with Gasteiger partial charge in [0, 0.05) is 60.2 Å². The van der Waals surface area contributed by atoms with Crippen LogP contribution in [0.15, 0.2) is 43.0 Å². The number of nitrogen functional groups attached to an aromatic ring is 1. The highest BCUT2D eigenvalue weighted by Gasteiger charge is 2.45. The second-order valence-corrected chi connectivity index (χ2v) is 7.89. The van der Waals surface area contributed by atoms with Crippen LogP contribution in [-0.4, -0.2) is 30.9 Å². The lowest BCUT2D eigenvalue weighted by atomic mass is 9.98. The van der Waals surface area contributed by atoms with Crippen molar-refractivity contribution in [2.75, 3.05) is 11.1 Å². The third kappa shape index (κ3) is 3.37. The molecule has 0 spiro atoms. The van der Waals surface area contributed by atoms with Gasteiger partial charge in [-0.3, -0.25) is 14.5 Å². The maximum atomic E-state index is 15.0. The number of pyridine rings is 2. The Bertz CT molecular complexity index is 1330. The molecular formula is C22H20FN7O. The van der Waals surface area contributed by atoms with Gasteiger partial charge in [0.25, 0.3) is 0 Å². The molecule has 1 aromatic carbocycles. The molecule has 3 aromatic heterocycles. The van der Waals surface area contributed by atoms with Crippen molar-refractivity contribution in [3.8, 4) is 11.1 Å². The van der Waals surface area contributed by atoms with Crippen molar-refractivity contribution in [1.29, 1.82) is 0 Å². The standard InChI is InChI=1S/C22H20FN7O/c1-11-3-4-25-8-16(11)14-5-12-6-19(26-9-17(12)21(24)20(14)23)27-22(31)15-7-13(15)18-10-30(2)29-28-18/h3-6,8-10,13,15H,7,24H2,1-2H3,(H,26,27,31)/t13-,15-/m0/s1. The molecule has 1 saturated carbocycles. The smallest absolute Gasteiger partial charge is 0.229 e. The topological polar surface area (TPSA) is 112 Å². The van der Waals surface area contributed by atoms with Crippen LogP contribution < -0.4 is 11.1 Å². The van der Waals surface area contributed by atoms with Gasteiger partial charge in [0.15, 0.2) is 5.82 Å². The molecule has 1 fully saturated rings. The highest BCUT2D eigenvalue weighted by Crippen LogP contribution is 2.47. The zero-order valence-corrected chi connectivity index (χ0v) is 17.0. The normalized spacial score (nSPS) is 17.6. The molecule has 0 unspecified atom stereocenters. The molecule has 0 saturated heterocycles. The van der Waals surface area contributed by atoms with Gasteiger partial charge >= 0.3 is 0 Å². The van der Waals surface area contributed by atoms with E-state index in [9.17, 15) is 9.18 Å².